The van der Waals surface area contributed by atoms with Crippen LogP contribution in [0.25, 0.3) is 0 Å². The maximum absolute atomic E-state index is 12.4. The molecule has 6 heteroatoms. The number of anilines is 1. The number of ether oxygens (including phenoxy) is 1. The number of rotatable bonds is 7. The van der Waals surface area contributed by atoms with Crippen molar-refractivity contribution >= 4 is 23.2 Å². The first-order valence-corrected chi connectivity index (χ1v) is 9.65. The van der Waals surface area contributed by atoms with Gasteiger partial charge in [0.05, 0.1) is 13.7 Å². The molecule has 0 aromatic heterocycles. The number of benzene rings is 2. The predicted molar refractivity (Wildman–Crippen MR) is 110 cm³/mol. The lowest BCUT2D eigenvalue weighted by Gasteiger charge is -2.36. The van der Waals surface area contributed by atoms with E-state index in [1.165, 1.54) is 11.3 Å². The zero-order valence-corrected chi connectivity index (χ0v) is 16.4. The second kappa shape index (κ2) is 9.62. The molecule has 0 atom stereocenters. The minimum Gasteiger partial charge on any atom is -0.497 e. The summed E-state index contributed by atoms with van der Waals surface area (Å²) in [6, 6.07) is 15.9. The molecule has 1 saturated heterocycles. The predicted octanol–water partition coefficient (Wildman–Crippen LogP) is 2.83. The van der Waals surface area contributed by atoms with Crippen LogP contribution < -0.4 is 15.0 Å². The monoisotopic (exact) mass is 387 g/mol. The number of nitrogens with one attached hydrogen (secondary N) is 1. The van der Waals surface area contributed by atoms with Crippen molar-refractivity contribution in [2.24, 2.45) is 0 Å². The lowest BCUT2D eigenvalue weighted by atomic mass is 10.1. The van der Waals surface area contributed by atoms with E-state index in [0.29, 0.717) is 6.54 Å². The van der Waals surface area contributed by atoms with Gasteiger partial charge in [0.25, 0.3) is 0 Å². The Labute approximate surface area is 165 Å². The van der Waals surface area contributed by atoms with E-state index in [0.717, 1.165) is 49.9 Å². The molecule has 1 heterocycles. The summed E-state index contributed by atoms with van der Waals surface area (Å²) in [7, 11) is 1.67. The topological polar surface area (TPSA) is 44.8 Å². The summed E-state index contributed by atoms with van der Waals surface area (Å²) in [5.41, 5.74) is 2.35. The Balaban J connectivity index is 1.38. The zero-order chi connectivity index (χ0) is 19.1. The molecule has 0 radical (unpaired) electrons. The summed E-state index contributed by atoms with van der Waals surface area (Å²) < 4.78 is 5.20. The van der Waals surface area contributed by atoms with Gasteiger partial charge in [0.1, 0.15) is 5.75 Å². The Kier molecular flexibility index (Phi) is 6.96. The van der Waals surface area contributed by atoms with Crippen molar-refractivity contribution in [3.63, 3.8) is 0 Å². The highest BCUT2D eigenvalue weighted by Crippen LogP contribution is 2.20. The van der Waals surface area contributed by atoms with Crippen LogP contribution in [0.4, 0.5) is 5.69 Å². The van der Waals surface area contributed by atoms with Crippen molar-refractivity contribution in [3.05, 3.63) is 59.1 Å². The number of methoxy groups -OCH3 is 1. The van der Waals surface area contributed by atoms with E-state index < -0.39 is 0 Å². The SMILES string of the molecule is COc1ccc(N2CCN(C(=O)CNCCc3cccc(Cl)c3)CC2)cc1. The first kappa shape index (κ1) is 19.5. The number of hydrogen-bond acceptors (Lipinski definition) is 4. The standard InChI is InChI=1S/C21H26ClN3O2/c1-27-20-7-5-19(6-8-20)24-11-13-25(14-12-24)21(26)16-23-10-9-17-3-2-4-18(22)15-17/h2-8,15,23H,9-14,16H2,1H3. The number of carbonyl (C=O) groups is 1. The van der Waals surface area contributed by atoms with Crippen molar-refractivity contribution in [2.75, 3.05) is 51.3 Å². The first-order valence-electron chi connectivity index (χ1n) is 9.27. The Morgan fingerprint density at radius 3 is 2.52 bits per heavy atom. The number of nitrogens with zero attached hydrogens (tertiary/aromatic N) is 2. The number of carbonyl (C=O) groups excluding carboxylic acids is 1. The van der Waals surface area contributed by atoms with Crippen molar-refractivity contribution in [3.8, 4) is 5.75 Å². The van der Waals surface area contributed by atoms with E-state index in [9.17, 15) is 4.79 Å². The molecule has 3 rings (SSSR count). The van der Waals surface area contributed by atoms with Crippen LogP contribution in [0.15, 0.2) is 48.5 Å². The van der Waals surface area contributed by atoms with Gasteiger partial charge in [0.2, 0.25) is 5.91 Å². The van der Waals surface area contributed by atoms with Crippen LogP contribution in [0.5, 0.6) is 5.75 Å². The van der Waals surface area contributed by atoms with Gasteiger partial charge in [-0.2, -0.15) is 0 Å². The van der Waals surface area contributed by atoms with Crippen molar-refractivity contribution in [1.29, 1.82) is 0 Å². The minimum atomic E-state index is 0.162. The lowest BCUT2D eigenvalue weighted by Crippen LogP contribution is -2.51. The van der Waals surface area contributed by atoms with E-state index in [4.69, 9.17) is 16.3 Å². The van der Waals surface area contributed by atoms with Gasteiger partial charge in [0.15, 0.2) is 0 Å². The molecule has 2 aromatic carbocycles. The smallest absolute Gasteiger partial charge is 0.236 e. The molecule has 144 valence electrons. The minimum absolute atomic E-state index is 0.162. The molecule has 5 nitrogen and oxygen atoms in total. The van der Waals surface area contributed by atoms with Gasteiger partial charge in [-0.1, -0.05) is 23.7 Å². The molecule has 0 unspecified atom stereocenters. The summed E-state index contributed by atoms with van der Waals surface area (Å²) >= 11 is 5.99. The molecule has 1 N–H and O–H groups in total. The number of hydrogen-bond donors (Lipinski definition) is 1. The molecule has 0 spiro atoms. The third-order valence-corrected chi connectivity index (χ3v) is 5.06. The van der Waals surface area contributed by atoms with Crippen LogP contribution in [0, 0.1) is 0 Å². The Bertz CT molecular complexity index is 743. The molecule has 27 heavy (non-hydrogen) atoms. The van der Waals surface area contributed by atoms with Crippen molar-refractivity contribution in [1.82, 2.24) is 10.2 Å². The summed E-state index contributed by atoms with van der Waals surface area (Å²) in [5, 5.41) is 3.99. The van der Waals surface area contributed by atoms with Gasteiger partial charge >= 0.3 is 0 Å². The summed E-state index contributed by atoms with van der Waals surface area (Å²) in [5.74, 6) is 1.02. The van der Waals surface area contributed by atoms with Gasteiger partial charge in [-0.05, 0) is 54.9 Å². The second-order valence-electron chi connectivity index (χ2n) is 6.62. The molecule has 0 bridgehead atoms. The zero-order valence-electron chi connectivity index (χ0n) is 15.7. The number of piperazine rings is 1. The number of amides is 1. The van der Waals surface area contributed by atoms with E-state index >= 15 is 0 Å². The van der Waals surface area contributed by atoms with Crippen molar-refractivity contribution in [2.45, 2.75) is 6.42 Å². The van der Waals surface area contributed by atoms with E-state index in [-0.39, 0.29) is 5.91 Å². The van der Waals surface area contributed by atoms with Gasteiger partial charge < -0.3 is 19.9 Å². The third kappa shape index (κ3) is 5.62. The summed E-state index contributed by atoms with van der Waals surface area (Å²) in [4.78, 5) is 16.6. The molecule has 1 aliphatic rings. The first-order chi connectivity index (χ1) is 13.2. The maximum Gasteiger partial charge on any atom is 0.236 e. The van der Waals surface area contributed by atoms with E-state index in [1.807, 2.05) is 41.3 Å². The maximum atomic E-state index is 12.4. The van der Waals surface area contributed by atoms with Crippen LogP contribution in [0.1, 0.15) is 5.56 Å². The Morgan fingerprint density at radius 1 is 1.11 bits per heavy atom. The molecule has 2 aromatic rings. The fraction of sp³-hybridized carbons (Fsp3) is 0.381. The average molecular weight is 388 g/mol. The third-order valence-electron chi connectivity index (χ3n) is 4.83. The molecule has 1 aliphatic heterocycles. The molecular weight excluding hydrogens is 362 g/mol. The Morgan fingerprint density at radius 2 is 1.85 bits per heavy atom. The molecule has 0 aliphatic carbocycles. The van der Waals surface area contributed by atoms with E-state index in [1.54, 1.807) is 7.11 Å². The normalized spacial score (nSPS) is 14.3. The van der Waals surface area contributed by atoms with Crippen LogP contribution in [-0.2, 0) is 11.2 Å². The lowest BCUT2D eigenvalue weighted by molar-refractivity contribution is -0.130. The van der Waals surface area contributed by atoms with Gasteiger partial charge in [-0.3, -0.25) is 4.79 Å². The largest absolute Gasteiger partial charge is 0.497 e. The highest BCUT2D eigenvalue weighted by Gasteiger charge is 2.20. The van der Waals surface area contributed by atoms with E-state index in [2.05, 4.69) is 22.3 Å². The number of halogens is 1. The van der Waals surface area contributed by atoms with Gasteiger partial charge in [-0.15, -0.1) is 0 Å². The Hall–Kier alpha value is -2.24. The molecular formula is C21H26ClN3O2. The van der Waals surface area contributed by atoms with Gasteiger partial charge in [0, 0.05) is 36.9 Å². The van der Waals surface area contributed by atoms with Crippen LogP contribution in [0.2, 0.25) is 5.02 Å². The van der Waals surface area contributed by atoms with Gasteiger partial charge in [-0.25, -0.2) is 0 Å². The quantitative estimate of drug-likeness (QED) is 0.742. The fourth-order valence-electron chi connectivity index (χ4n) is 3.24. The molecule has 1 fully saturated rings. The molecule has 1 amide bonds. The van der Waals surface area contributed by atoms with Crippen LogP contribution in [0.3, 0.4) is 0 Å². The fourth-order valence-corrected chi connectivity index (χ4v) is 3.45. The summed E-state index contributed by atoms with van der Waals surface area (Å²) in [6.07, 6.45) is 0.860. The average Bonchev–Trinajstić information content (AvgIpc) is 2.71. The van der Waals surface area contributed by atoms with Crippen molar-refractivity contribution < 1.29 is 9.53 Å². The highest BCUT2D eigenvalue weighted by molar-refractivity contribution is 6.30. The highest BCUT2D eigenvalue weighted by atomic mass is 35.5. The second-order valence-corrected chi connectivity index (χ2v) is 7.06. The van der Waals surface area contributed by atoms with Crippen LogP contribution in [-0.4, -0.2) is 57.2 Å². The molecule has 0 saturated carbocycles. The van der Waals surface area contributed by atoms with Crippen LogP contribution >= 0.6 is 11.6 Å². The summed E-state index contributed by atoms with van der Waals surface area (Å²) in [6.45, 7) is 4.34.